The Kier molecular flexibility index (Phi) is 6.17. The Morgan fingerprint density at radius 3 is 2.74 bits per heavy atom. The SMILES string of the molecule is C1=CNCC(c2nn(C3CCOC3)cc2-c2ccnc(Nc3ccc(N4CCNCC4)cc3)n2)=C1. The molecule has 35 heavy (non-hydrogen) atoms. The molecule has 3 aliphatic rings. The van der Waals surface area contributed by atoms with Gasteiger partial charge in [-0.05, 0) is 54.6 Å². The molecule has 2 saturated heterocycles. The van der Waals surface area contributed by atoms with Crippen molar-refractivity contribution in [3.63, 3.8) is 0 Å². The van der Waals surface area contributed by atoms with Gasteiger partial charge < -0.3 is 25.6 Å². The van der Waals surface area contributed by atoms with Crippen molar-refractivity contribution in [1.29, 1.82) is 0 Å². The summed E-state index contributed by atoms with van der Waals surface area (Å²) >= 11 is 0. The first-order valence-corrected chi connectivity index (χ1v) is 12.3. The van der Waals surface area contributed by atoms with E-state index in [1.54, 1.807) is 6.20 Å². The smallest absolute Gasteiger partial charge is 0.227 e. The molecule has 0 amide bonds. The number of nitrogens with one attached hydrogen (secondary N) is 3. The Bertz CT molecular complexity index is 1220. The predicted octanol–water partition coefficient (Wildman–Crippen LogP) is 2.96. The number of benzene rings is 1. The van der Waals surface area contributed by atoms with Crippen LogP contribution in [0.1, 0.15) is 18.2 Å². The topological polar surface area (TPSA) is 92.2 Å². The zero-order valence-corrected chi connectivity index (χ0v) is 19.7. The number of aromatic nitrogens is 4. The summed E-state index contributed by atoms with van der Waals surface area (Å²) in [7, 11) is 0. The van der Waals surface area contributed by atoms with E-state index in [1.165, 1.54) is 5.69 Å². The van der Waals surface area contributed by atoms with Crippen molar-refractivity contribution < 1.29 is 4.74 Å². The fourth-order valence-electron chi connectivity index (χ4n) is 4.73. The number of rotatable bonds is 6. The minimum atomic E-state index is 0.254. The maximum Gasteiger partial charge on any atom is 0.227 e. The van der Waals surface area contributed by atoms with E-state index >= 15 is 0 Å². The van der Waals surface area contributed by atoms with Gasteiger partial charge in [0.05, 0.1) is 24.0 Å². The molecule has 6 rings (SSSR count). The number of dihydropyridines is 1. The molecule has 1 unspecified atom stereocenters. The lowest BCUT2D eigenvalue weighted by atomic mass is 10.0. The van der Waals surface area contributed by atoms with E-state index in [9.17, 15) is 0 Å². The van der Waals surface area contributed by atoms with Crippen molar-refractivity contribution in [3.05, 3.63) is 66.8 Å². The van der Waals surface area contributed by atoms with Crippen molar-refractivity contribution in [2.24, 2.45) is 0 Å². The molecule has 9 nitrogen and oxygen atoms in total. The van der Waals surface area contributed by atoms with E-state index in [2.05, 4.69) is 62.4 Å². The highest BCUT2D eigenvalue weighted by molar-refractivity contribution is 5.79. The predicted molar refractivity (Wildman–Crippen MR) is 138 cm³/mol. The van der Waals surface area contributed by atoms with Gasteiger partial charge in [-0.1, -0.05) is 6.08 Å². The van der Waals surface area contributed by atoms with Gasteiger partial charge in [0, 0.05) is 68.7 Å². The Hall–Kier alpha value is -3.69. The second kappa shape index (κ2) is 9.89. The van der Waals surface area contributed by atoms with Crippen LogP contribution in [0, 0.1) is 0 Å². The minimum absolute atomic E-state index is 0.254. The number of hydrogen-bond acceptors (Lipinski definition) is 8. The van der Waals surface area contributed by atoms with E-state index in [0.29, 0.717) is 12.6 Å². The number of ether oxygens (including phenoxy) is 1. The number of piperazine rings is 1. The second-order valence-electron chi connectivity index (χ2n) is 9.00. The van der Waals surface area contributed by atoms with Gasteiger partial charge in [0.15, 0.2) is 0 Å². The Labute approximate surface area is 204 Å². The molecule has 2 fully saturated rings. The summed E-state index contributed by atoms with van der Waals surface area (Å²) in [5.74, 6) is 0.566. The average molecular weight is 471 g/mol. The Balaban J connectivity index is 1.26. The summed E-state index contributed by atoms with van der Waals surface area (Å²) in [6.07, 6.45) is 10.9. The molecule has 0 bridgehead atoms. The van der Waals surface area contributed by atoms with E-state index in [0.717, 1.165) is 74.0 Å². The summed E-state index contributed by atoms with van der Waals surface area (Å²) in [6, 6.07) is 10.7. The van der Waals surface area contributed by atoms with Crippen molar-refractivity contribution in [1.82, 2.24) is 30.4 Å². The third-order valence-corrected chi connectivity index (χ3v) is 6.66. The van der Waals surface area contributed by atoms with Gasteiger partial charge in [-0.2, -0.15) is 5.10 Å². The lowest BCUT2D eigenvalue weighted by Gasteiger charge is -2.29. The minimum Gasteiger partial charge on any atom is -0.387 e. The molecule has 0 aliphatic carbocycles. The Morgan fingerprint density at radius 1 is 1.09 bits per heavy atom. The van der Waals surface area contributed by atoms with Crippen LogP contribution in [-0.2, 0) is 4.74 Å². The van der Waals surface area contributed by atoms with Gasteiger partial charge in [0.1, 0.15) is 0 Å². The van der Waals surface area contributed by atoms with Crippen LogP contribution in [0.3, 0.4) is 0 Å². The molecule has 5 heterocycles. The quantitative estimate of drug-likeness (QED) is 0.507. The van der Waals surface area contributed by atoms with E-state index < -0.39 is 0 Å². The van der Waals surface area contributed by atoms with Crippen molar-refractivity contribution >= 4 is 22.9 Å². The van der Waals surface area contributed by atoms with Crippen LogP contribution in [0.4, 0.5) is 17.3 Å². The van der Waals surface area contributed by atoms with Gasteiger partial charge in [-0.25, -0.2) is 9.97 Å². The molecule has 0 radical (unpaired) electrons. The van der Waals surface area contributed by atoms with Crippen LogP contribution in [-0.4, -0.2) is 65.7 Å². The van der Waals surface area contributed by atoms with Crippen LogP contribution in [0.15, 0.2) is 61.1 Å². The van der Waals surface area contributed by atoms with Gasteiger partial charge in [0.25, 0.3) is 0 Å². The fourth-order valence-corrected chi connectivity index (χ4v) is 4.73. The standard InChI is InChI=1S/C26H30N8O/c1-2-19(16-28-9-1)25-23(17-34(32-25)22-8-15-35-18-22)24-7-10-29-26(31-24)30-20-3-5-21(6-4-20)33-13-11-27-12-14-33/h1-7,9-10,17,22,27-28H,8,11-16,18H2,(H,29,30,31). The molecule has 3 N–H and O–H groups in total. The Morgan fingerprint density at radius 2 is 1.97 bits per heavy atom. The molecule has 3 aliphatic heterocycles. The number of hydrogen-bond donors (Lipinski definition) is 3. The monoisotopic (exact) mass is 470 g/mol. The van der Waals surface area contributed by atoms with E-state index in [1.807, 2.05) is 23.0 Å². The van der Waals surface area contributed by atoms with Crippen LogP contribution in [0.2, 0.25) is 0 Å². The maximum atomic E-state index is 5.60. The first-order valence-electron chi connectivity index (χ1n) is 12.3. The average Bonchev–Trinajstić information content (AvgIpc) is 3.61. The third-order valence-electron chi connectivity index (χ3n) is 6.66. The van der Waals surface area contributed by atoms with Gasteiger partial charge in [-0.15, -0.1) is 0 Å². The maximum absolute atomic E-state index is 5.60. The molecule has 0 saturated carbocycles. The summed E-state index contributed by atoms with van der Waals surface area (Å²) in [6.45, 7) is 6.31. The number of allylic oxidation sites excluding steroid dienone is 2. The van der Waals surface area contributed by atoms with Crippen LogP contribution < -0.4 is 20.9 Å². The fraction of sp³-hybridized carbons (Fsp3) is 0.346. The van der Waals surface area contributed by atoms with Gasteiger partial charge in [0.2, 0.25) is 5.95 Å². The molecule has 180 valence electrons. The van der Waals surface area contributed by atoms with Crippen LogP contribution in [0.5, 0.6) is 0 Å². The first kappa shape index (κ1) is 21.8. The second-order valence-corrected chi connectivity index (χ2v) is 9.00. The van der Waals surface area contributed by atoms with Gasteiger partial charge >= 0.3 is 0 Å². The van der Waals surface area contributed by atoms with Crippen LogP contribution in [0.25, 0.3) is 16.8 Å². The summed E-state index contributed by atoms with van der Waals surface area (Å²) in [5, 5.41) is 15.0. The van der Waals surface area contributed by atoms with E-state index in [4.69, 9.17) is 14.8 Å². The summed E-state index contributed by atoms with van der Waals surface area (Å²) in [5.41, 5.74) is 6.12. The zero-order valence-electron chi connectivity index (χ0n) is 19.7. The number of anilines is 3. The lowest BCUT2D eigenvalue weighted by molar-refractivity contribution is 0.184. The number of nitrogens with zero attached hydrogens (tertiary/aromatic N) is 5. The zero-order chi connectivity index (χ0) is 23.5. The third kappa shape index (κ3) is 4.78. The summed E-state index contributed by atoms with van der Waals surface area (Å²) in [4.78, 5) is 11.7. The highest BCUT2D eigenvalue weighted by Crippen LogP contribution is 2.31. The molecule has 0 spiro atoms. The molecule has 1 atom stereocenters. The van der Waals surface area contributed by atoms with Crippen molar-refractivity contribution in [2.75, 3.05) is 56.2 Å². The molecular formula is C26H30N8O. The first-order chi connectivity index (χ1) is 17.3. The molecule has 3 aromatic rings. The molecule has 2 aromatic heterocycles. The highest BCUT2D eigenvalue weighted by Gasteiger charge is 2.23. The summed E-state index contributed by atoms with van der Waals surface area (Å²) < 4.78 is 7.65. The van der Waals surface area contributed by atoms with E-state index in [-0.39, 0.29) is 6.04 Å². The van der Waals surface area contributed by atoms with Crippen molar-refractivity contribution in [2.45, 2.75) is 12.5 Å². The molecule has 1 aromatic carbocycles. The molecular weight excluding hydrogens is 440 g/mol. The molecule has 9 heteroatoms. The van der Waals surface area contributed by atoms with Gasteiger partial charge in [-0.3, -0.25) is 4.68 Å². The highest BCUT2D eigenvalue weighted by atomic mass is 16.5. The van der Waals surface area contributed by atoms with Crippen molar-refractivity contribution in [3.8, 4) is 11.3 Å². The largest absolute Gasteiger partial charge is 0.387 e. The lowest BCUT2D eigenvalue weighted by Crippen LogP contribution is -2.43. The normalized spacial score (nSPS) is 19.9. The van der Waals surface area contributed by atoms with Crippen LogP contribution >= 0.6 is 0 Å².